The van der Waals surface area contributed by atoms with E-state index in [0.717, 1.165) is 17.8 Å². The van der Waals surface area contributed by atoms with E-state index in [1.165, 1.54) is 25.8 Å². The van der Waals surface area contributed by atoms with E-state index >= 15 is 0 Å². The highest BCUT2D eigenvalue weighted by Gasteiger charge is 2.18. The van der Waals surface area contributed by atoms with Crippen LogP contribution in [0, 0.1) is 0 Å². The maximum absolute atomic E-state index is 11.5. The van der Waals surface area contributed by atoms with Gasteiger partial charge in [-0.15, -0.1) is 0 Å². The van der Waals surface area contributed by atoms with Gasteiger partial charge in [0.05, 0.1) is 6.42 Å². The minimum absolute atomic E-state index is 0.0852. The summed E-state index contributed by atoms with van der Waals surface area (Å²) in [4.78, 5) is 14.0. The molecule has 1 amide bonds. The van der Waals surface area contributed by atoms with Gasteiger partial charge in [0.15, 0.2) is 0 Å². The molecule has 0 bridgehead atoms. The third-order valence-corrected chi connectivity index (χ3v) is 4.16. The number of carbonyl (C=O) groups excluding carboxylic acids is 1. The molecule has 1 fully saturated rings. The lowest BCUT2D eigenvalue weighted by Crippen LogP contribution is -2.40. The average molecular weight is 289 g/mol. The lowest BCUT2D eigenvalue weighted by Gasteiger charge is -2.32. The van der Waals surface area contributed by atoms with Crippen molar-refractivity contribution in [1.82, 2.24) is 10.2 Å². The number of rotatable bonds is 6. The van der Waals surface area contributed by atoms with Crippen LogP contribution in [-0.2, 0) is 11.2 Å². The van der Waals surface area contributed by atoms with Gasteiger partial charge in [0, 0.05) is 24.8 Å². The fourth-order valence-corrected chi connectivity index (χ4v) is 2.82. The molecule has 0 aromatic heterocycles. The summed E-state index contributed by atoms with van der Waals surface area (Å²) in [6, 6.07) is 8.83. The van der Waals surface area contributed by atoms with Gasteiger partial charge in [-0.3, -0.25) is 4.79 Å². The Bertz CT molecular complexity index is 444. The molecule has 0 aliphatic carbocycles. The number of nitrogens with one attached hydrogen (secondary N) is 2. The number of likely N-dealkylation sites (N-methyl/N-ethyl adjacent to an activating group) is 2. The van der Waals surface area contributed by atoms with Gasteiger partial charge >= 0.3 is 0 Å². The predicted octanol–water partition coefficient (Wildman–Crippen LogP) is 2.26. The number of nitrogens with zero attached hydrogens (tertiary/aromatic N) is 1. The molecular formula is C17H27N3O. The molecule has 0 saturated carbocycles. The highest BCUT2D eigenvalue weighted by Crippen LogP contribution is 2.16. The molecule has 0 spiro atoms. The molecule has 1 atom stereocenters. The average Bonchev–Trinajstić information content (AvgIpc) is 2.48. The van der Waals surface area contributed by atoms with Gasteiger partial charge in [-0.1, -0.05) is 18.6 Å². The summed E-state index contributed by atoms with van der Waals surface area (Å²) in [6.45, 7) is 4.82. The third-order valence-electron chi connectivity index (χ3n) is 4.16. The zero-order valence-corrected chi connectivity index (χ0v) is 13.2. The fourth-order valence-electron chi connectivity index (χ4n) is 2.82. The molecule has 4 nitrogen and oxygen atoms in total. The summed E-state index contributed by atoms with van der Waals surface area (Å²) in [5.74, 6) is 0.0852. The maximum atomic E-state index is 11.5. The summed E-state index contributed by atoms with van der Waals surface area (Å²) in [7, 11) is 2.21. The van der Waals surface area contributed by atoms with Crippen LogP contribution < -0.4 is 10.6 Å². The molecular weight excluding hydrogens is 262 g/mol. The highest BCUT2D eigenvalue weighted by molar-refractivity contribution is 5.78. The van der Waals surface area contributed by atoms with Gasteiger partial charge in [0.25, 0.3) is 0 Å². The normalized spacial score (nSPS) is 19.2. The van der Waals surface area contributed by atoms with Crippen molar-refractivity contribution in [1.29, 1.82) is 0 Å². The first-order valence-corrected chi connectivity index (χ1v) is 7.98. The summed E-state index contributed by atoms with van der Waals surface area (Å²) in [5.41, 5.74) is 2.19. The van der Waals surface area contributed by atoms with Crippen molar-refractivity contribution in [3.63, 3.8) is 0 Å². The van der Waals surface area contributed by atoms with Crippen molar-refractivity contribution in [2.24, 2.45) is 0 Å². The largest absolute Gasteiger partial charge is 0.383 e. The number of amides is 1. The van der Waals surface area contributed by atoms with Gasteiger partial charge in [-0.05, 0) is 51.1 Å². The Kier molecular flexibility index (Phi) is 6.05. The van der Waals surface area contributed by atoms with Gasteiger partial charge in [0.2, 0.25) is 5.91 Å². The Morgan fingerprint density at radius 2 is 2.05 bits per heavy atom. The zero-order chi connectivity index (χ0) is 15.1. The van der Waals surface area contributed by atoms with E-state index in [9.17, 15) is 4.79 Å². The van der Waals surface area contributed by atoms with Crippen LogP contribution in [0.4, 0.5) is 5.69 Å². The molecule has 1 unspecified atom stereocenters. The number of hydrogen-bond acceptors (Lipinski definition) is 3. The van der Waals surface area contributed by atoms with Crippen molar-refractivity contribution in [2.75, 3.05) is 32.0 Å². The summed E-state index contributed by atoms with van der Waals surface area (Å²) < 4.78 is 0. The third kappa shape index (κ3) is 5.05. The second kappa shape index (κ2) is 8.03. The van der Waals surface area contributed by atoms with Gasteiger partial charge in [0.1, 0.15) is 0 Å². The second-order valence-electron chi connectivity index (χ2n) is 5.84. The van der Waals surface area contributed by atoms with Gasteiger partial charge in [-0.25, -0.2) is 0 Å². The predicted molar refractivity (Wildman–Crippen MR) is 87.6 cm³/mol. The first-order chi connectivity index (χ1) is 10.2. The number of piperidine rings is 1. The summed E-state index contributed by atoms with van der Waals surface area (Å²) in [5, 5.41) is 6.33. The van der Waals surface area contributed by atoms with Crippen LogP contribution in [0.15, 0.2) is 24.3 Å². The van der Waals surface area contributed by atoms with Crippen molar-refractivity contribution in [2.45, 2.75) is 38.6 Å². The SMILES string of the molecule is CCNC(=O)Cc1ccc(NCC2CCCCN2C)cc1. The van der Waals surface area contributed by atoms with E-state index < -0.39 is 0 Å². The molecule has 1 aliphatic rings. The quantitative estimate of drug-likeness (QED) is 0.844. The van der Waals surface area contributed by atoms with Crippen molar-refractivity contribution in [3.8, 4) is 0 Å². The monoisotopic (exact) mass is 289 g/mol. The number of anilines is 1. The van der Waals surface area contributed by atoms with E-state index in [4.69, 9.17) is 0 Å². The Morgan fingerprint density at radius 1 is 1.29 bits per heavy atom. The Morgan fingerprint density at radius 3 is 2.71 bits per heavy atom. The van der Waals surface area contributed by atoms with Crippen LogP contribution in [0.2, 0.25) is 0 Å². The van der Waals surface area contributed by atoms with Crippen LogP contribution in [0.3, 0.4) is 0 Å². The molecule has 1 saturated heterocycles. The number of likely N-dealkylation sites (tertiary alicyclic amines) is 1. The molecule has 1 aromatic rings. The lowest BCUT2D eigenvalue weighted by atomic mass is 10.0. The van der Waals surface area contributed by atoms with Crippen molar-refractivity contribution in [3.05, 3.63) is 29.8 Å². The lowest BCUT2D eigenvalue weighted by molar-refractivity contribution is -0.120. The number of benzene rings is 1. The Labute approximate surface area is 127 Å². The van der Waals surface area contributed by atoms with Crippen LogP contribution in [-0.4, -0.2) is 43.5 Å². The van der Waals surface area contributed by atoms with E-state index in [1.807, 2.05) is 19.1 Å². The summed E-state index contributed by atoms with van der Waals surface area (Å²) >= 11 is 0. The molecule has 4 heteroatoms. The van der Waals surface area contributed by atoms with Crippen molar-refractivity contribution < 1.29 is 4.79 Å². The highest BCUT2D eigenvalue weighted by atomic mass is 16.1. The summed E-state index contributed by atoms with van der Waals surface area (Å²) in [6.07, 6.45) is 4.39. The molecule has 0 radical (unpaired) electrons. The Hall–Kier alpha value is -1.55. The fraction of sp³-hybridized carbons (Fsp3) is 0.588. The molecule has 1 heterocycles. The van der Waals surface area contributed by atoms with Gasteiger partial charge in [-0.2, -0.15) is 0 Å². The number of hydrogen-bond donors (Lipinski definition) is 2. The van der Waals surface area contributed by atoms with Crippen LogP contribution in [0.25, 0.3) is 0 Å². The van der Waals surface area contributed by atoms with E-state index in [1.54, 1.807) is 0 Å². The topological polar surface area (TPSA) is 44.4 Å². The standard InChI is InChI=1S/C17H27N3O/c1-3-18-17(21)12-14-7-9-15(10-8-14)19-13-16-6-4-5-11-20(16)2/h7-10,16,19H,3-6,11-13H2,1-2H3,(H,18,21). The maximum Gasteiger partial charge on any atom is 0.224 e. The van der Waals surface area contributed by atoms with Crippen LogP contribution >= 0.6 is 0 Å². The van der Waals surface area contributed by atoms with Gasteiger partial charge < -0.3 is 15.5 Å². The zero-order valence-electron chi connectivity index (χ0n) is 13.2. The molecule has 2 rings (SSSR count). The van der Waals surface area contributed by atoms with Crippen LogP contribution in [0.5, 0.6) is 0 Å². The number of carbonyl (C=O) groups is 1. The second-order valence-corrected chi connectivity index (χ2v) is 5.84. The van der Waals surface area contributed by atoms with Crippen molar-refractivity contribution >= 4 is 11.6 Å². The van der Waals surface area contributed by atoms with E-state index in [2.05, 4.69) is 34.7 Å². The molecule has 1 aromatic carbocycles. The molecule has 21 heavy (non-hydrogen) atoms. The molecule has 116 valence electrons. The minimum Gasteiger partial charge on any atom is -0.383 e. The van der Waals surface area contributed by atoms with Crippen LogP contribution in [0.1, 0.15) is 31.7 Å². The molecule has 1 aliphatic heterocycles. The van der Waals surface area contributed by atoms with E-state index in [-0.39, 0.29) is 5.91 Å². The first-order valence-electron chi connectivity index (χ1n) is 7.98. The molecule has 2 N–H and O–H groups in total. The Balaban J connectivity index is 1.80. The first kappa shape index (κ1) is 15.8. The smallest absolute Gasteiger partial charge is 0.224 e. The minimum atomic E-state index is 0.0852. The van der Waals surface area contributed by atoms with E-state index in [0.29, 0.717) is 19.0 Å².